The first-order valence-corrected chi connectivity index (χ1v) is 46.8. The van der Waals surface area contributed by atoms with Crippen molar-refractivity contribution in [2.24, 2.45) is 0 Å². The first-order valence-electron chi connectivity index (χ1n) is 37.0. The van der Waals surface area contributed by atoms with Crippen LogP contribution in [0.5, 0.6) is 17.2 Å². The lowest BCUT2D eigenvalue weighted by Crippen LogP contribution is -2.18. The molecular formula is C87H124O3S6+6. The van der Waals surface area contributed by atoms with Crippen LogP contribution < -0.4 is 14.2 Å². The van der Waals surface area contributed by atoms with Crippen molar-refractivity contribution in [2.75, 3.05) is 90.4 Å². The number of rotatable bonds is 15. The van der Waals surface area contributed by atoms with E-state index in [4.69, 9.17) is 14.2 Å². The number of hydrogen-bond acceptors (Lipinski definition) is 3. The van der Waals surface area contributed by atoms with Gasteiger partial charge in [0.2, 0.25) is 0 Å². The van der Waals surface area contributed by atoms with Crippen LogP contribution in [0.4, 0.5) is 0 Å². The molecule has 0 atom stereocenters. The van der Waals surface area contributed by atoms with E-state index in [1.807, 2.05) is 13.8 Å². The summed E-state index contributed by atoms with van der Waals surface area (Å²) in [6.07, 6.45) is 29.0. The molecule has 0 bridgehead atoms. The maximum atomic E-state index is 6.01. The van der Waals surface area contributed by atoms with Gasteiger partial charge in [0, 0.05) is 86.9 Å². The molecule has 96 heavy (non-hydrogen) atoms. The van der Waals surface area contributed by atoms with Crippen LogP contribution in [0.1, 0.15) is 181 Å². The van der Waals surface area contributed by atoms with Gasteiger partial charge in [-0.2, -0.15) is 0 Å². The Morgan fingerprint density at radius 3 is 1.06 bits per heavy atom. The Hall–Kier alpha value is -4.22. The Morgan fingerprint density at radius 2 is 0.708 bits per heavy atom. The van der Waals surface area contributed by atoms with Crippen LogP contribution in [-0.2, 0) is 70.8 Å². The van der Waals surface area contributed by atoms with Crippen molar-refractivity contribution in [1.82, 2.24) is 0 Å². The van der Waals surface area contributed by atoms with Crippen LogP contribution in [0.2, 0.25) is 0 Å². The Balaban J connectivity index is 0.000000164. The predicted octanol–water partition coefficient (Wildman–Crippen LogP) is 23.4. The summed E-state index contributed by atoms with van der Waals surface area (Å²) >= 11 is 0. The molecular weight excluding hydrogens is 1290 g/mol. The van der Waals surface area contributed by atoms with Crippen molar-refractivity contribution >= 4 is 86.9 Å². The number of unbranched alkanes of at least 4 members (excludes halogenated alkanes) is 2. The molecule has 8 aromatic carbocycles. The van der Waals surface area contributed by atoms with Gasteiger partial charge in [0.25, 0.3) is 0 Å². The second-order valence-corrected chi connectivity index (χ2v) is 40.3. The van der Waals surface area contributed by atoms with E-state index in [0.717, 1.165) is 43.3 Å². The summed E-state index contributed by atoms with van der Waals surface area (Å²) in [7, 11) is 4.75. The number of aryl methyl sites for hydroxylation is 2. The standard InChI is InChI=1S/C19H25OS.C18H23OS.C15H23S.C14H21OS.C11H15S.C8H11S.C2H6/c1-2-3-13-20-18-11-12-19(21-14-7-4-8-15-21)17-10-6-5-9-16(17)18;1-2-3-12-19-17-10-11-18(20-13-6-7-14-20)16-9-5-4-8-15(16)17;1-15(2,3)13-7-9-14(10-8-13)16-11-5-4-6-12-16;1-11-9-13(10-12(2)14(11)15-3)16-7-5-4-6-8-16;1-3-7-11(8-4-1)12-9-5-2-6-10-12;1-9(2)8-6-4-3-5-7-8;1-2/h5-6,9-12H,2-4,7-8,13-15H2,1H3;4-5,8-11H,2-3,6-7,12-14H2,1H3;7-10H,4-6,11-12H2,1-3H3;9-10H,4-8H2,1-3H3;1,3-4,7-8H,2,5-6,9-10H2;3-7H,1-2H3;1-2H3/q6*+1;. The van der Waals surface area contributed by atoms with Crippen molar-refractivity contribution in [1.29, 1.82) is 0 Å². The average molecular weight is 1410 g/mol. The van der Waals surface area contributed by atoms with Crippen LogP contribution in [0.15, 0.2) is 199 Å². The summed E-state index contributed by atoms with van der Waals surface area (Å²) < 4.78 is 17.4. The van der Waals surface area contributed by atoms with E-state index in [1.54, 1.807) is 31.6 Å². The third kappa shape index (κ3) is 25.4. The molecule has 0 saturated carbocycles. The molecule has 5 aliphatic rings. The molecule has 0 unspecified atom stereocenters. The molecule has 0 N–H and O–H groups in total. The number of ether oxygens (including phenoxy) is 3. The first-order chi connectivity index (χ1) is 46.9. The summed E-state index contributed by atoms with van der Waals surface area (Å²) in [6.45, 7) is 21.2. The molecule has 5 aliphatic heterocycles. The highest BCUT2D eigenvalue weighted by Crippen LogP contribution is 2.37. The van der Waals surface area contributed by atoms with Crippen LogP contribution in [0.25, 0.3) is 21.5 Å². The topological polar surface area (TPSA) is 27.7 Å². The smallest absolute Gasteiger partial charge is 0.162 e. The van der Waals surface area contributed by atoms with Gasteiger partial charge in [-0.3, -0.25) is 0 Å². The molecule has 5 fully saturated rings. The molecule has 9 heteroatoms. The van der Waals surface area contributed by atoms with E-state index in [2.05, 4.69) is 231 Å². The molecule has 5 heterocycles. The van der Waals surface area contributed by atoms with E-state index in [9.17, 15) is 0 Å². The minimum Gasteiger partial charge on any atom is -0.496 e. The molecule has 0 aromatic heterocycles. The molecule has 13 rings (SSSR count). The van der Waals surface area contributed by atoms with Gasteiger partial charge >= 0.3 is 0 Å². The number of fused-ring (bicyclic) bond motifs is 2. The van der Waals surface area contributed by atoms with E-state index in [-0.39, 0.29) is 5.41 Å². The Morgan fingerprint density at radius 1 is 0.375 bits per heavy atom. The van der Waals surface area contributed by atoms with Crippen LogP contribution >= 0.6 is 0 Å². The fourth-order valence-corrected chi connectivity index (χ4v) is 25.7. The summed E-state index contributed by atoms with van der Waals surface area (Å²) in [5, 5.41) is 5.41. The van der Waals surface area contributed by atoms with E-state index < -0.39 is 0 Å². The Kier molecular flexibility index (Phi) is 36.4. The second kappa shape index (κ2) is 44.1. The number of methoxy groups -OCH3 is 1. The molecule has 3 nitrogen and oxygen atoms in total. The average Bonchev–Trinajstić information content (AvgIpc) is 0.988. The van der Waals surface area contributed by atoms with Crippen molar-refractivity contribution in [3.63, 3.8) is 0 Å². The lowest BCUT2D eigenvalue weighted by Gasteiger charge is -2.19. The second-order valence-electron chi connectivity index (χ2n) is 26.9. The zero-order valence-electron chi connectivity index (χ0n) is 61.6. The quantitative estimate of drug-likeness (QED) is 0.0756. The largest absolute Gasteiger partial charge is 0.496 e. The van der Waals surface area contributed by atoms with Gasteiger partial charge in [-0.15, -0.1) is 0 Å². The highest BCUT2D eigenvalue weighted by Gasteiger charge is 2.31. The Labute approximate surface area is 603 Å². The first kappa shape index (κ1) is 79.1. The molecule has 0 spiro atoms. The highest BCUT2D eigenvalue weighted by atomic mass is 32.2. The molecule has 8 aromatic rings. The van der Waals surface area contributed by atoms with Gasteiger partial charge in [0.1, 0.15) is 87.3 Å². The SMILES string of the molecule is CC.CC(C)(C)c1ccc([S+]2CCCCC2)cc1.CCCCOc1ccc([S+]2CCCC2)c2ccccc12.CCCCOc1ccc([S+]2CCCCC2)c2ccccc12.COc1c(C)cc([S+]2CCCCC2)cc1C.C[S+](C)c1ccccc1.c1ccc([S+]2CCCCC2)cc1. The van der Waals surface area contributed by atoms with Gasteiger partial charge in [-0.1, -0.05) is 146 Å². The fourth-order valence-electron chi connectivity index (χ4n) is 12.9. The van der Waals surface area contributed by atoms with E-state index in [1.165, 1.54) is 203 Å². The predicted molar refractivity (Wildman–Crippen MR) is 439 cm³/mol. The number of hydrogen-bond donors (Lipinski definition) is 0. The highest BCUT2D eigenvalue weighted by molar-refractivity contribution is 7.98. The third-order valence-corrected chi connectivity index (χ3v) is 32.1. The van der Waals surface area contributed by atoms with Crippen molar-refractivity contribution in [3.05, 3.63) is 187 Å². The maximum Gasteiger partial charge on any atom is 0.162 e. The van der Waals surface area contributed by atoms with E-state index in [0.29, 0.717) is 65.4 Å². The minimum absolute atomic E-state index is 0.286. The normalized spacial score (nSPS) is 16.3. The molecule has 0 aliphatic carbocycles. The minimum atomic E-state index is 0.286. The summed E-state index contributed by atoms with van der Waals surface area (Å²) in [5.74, 6) is 17.2. The lowest BCUT2D eigenvalue weighted by atomic mass is 9.87. The summed E-state index contributed by atoms with van der Waals surface area (Å²) in [6, 6.07) is 62.2. The number of benzene rings is 8. The monoisotopic (exact) mass is 1410 g/mol. The third-order valence-electron chi connectivity index (χ3n) is 18.3. The van der Waals surface area contributed by atoms with Crippen molar-refractivity contribution in [2.45, 2.75) is 213 Å². The Bertz CT molecular complexity index is 3370. The van der Waals surface area contributed by atoms with Crippen LogP contribution in [0, 0.1) is 13.8 Å². The van der Waals surface area contributed by atoms with Gasteiger partial charge < -0.3 is 14.2 Å². The van der Waals surface area contributed by atoms with Crippen LogP contribution in [0.3, 0.4) is 0 Å². The lowest BCUT2D eigenvalue weighted by molar-refractivity contribution is 0.312. The molecule has 0 radical (unpaired) electrons. The van der Waals surface area contributed by atoms with Gasteiger partial charge in [-0.05, 0) is 224 Å². The van der Waals surface area contributed by atoms with Crippen molar-refractivity contribution in [3.8, 4) is 17.2 Å². The van der Waals surface area contributed by atoms with Gasteiger partial charge in [0.15, 0.2) is 29.4 Å². The van der Waals surface area contributed by atoms with Gasteiger partial charge in [-0.25, -0.2) is 0 Å². The zero-order valence-corrected chi connectivity index (χ0v) is 66.5. The summed E-state index contributed by atoms with van der Waals surface area (Å²) in [4.78, 5) is 9.28. The van der Waals surface area contributed by atoms with Gasteiger partial charge in [0.05, 0.1) is 20.3 Å². The summed E-state index contributed by atoms with van der Waals surface area (Å²) in [5.41, 5.74) is 4.32. The fraction of sp³-hybridized carbons (Fsp3) is 0.494. The van der Waals surface area contributed by atoms with E-state index >= 15 is 0 Å². The zero-order chi connectivity index (χ0) is 68.3. The van der Waals surface area contributed by atoms with Crippen molar-refractivity contribution < 1.29 is 14.2 Å². The maximum absolute atomic E-state index is 6.01. The van der Waals surface area contributed by atoms with Crippen LogP contribution in [-0.4, -0.2) is 90.4 Å². The molecule has 520 valence electrons. The molecule has 5 saturated heterocycles. The molecule has 0 amide bonds.